The molecule has 2 rings (SSSR count). The van der Waals surface area contributed by atoms with Crippen LogP contribution in [0.25, 0.3) is 11.1 Å². The summed E-state index contributed by atoms with van der Waals surface area (Å²) < 4.78 is 0.286. The Kier molecular flexibility index (Phi) is 3.14. The molecule has 3 nitrogen and oxygen atoms in total. The molecule has 1 heterocycles. The molecule has 0 radical (unpaired) electrons. The van der Waals surface area contributed by atoms with Crippen LogP contribution in [0.1, 0.15) is 0 Å². The van der Waals surface area contributed by atoms with Crippen LogP contribution in [0.15, 0.2) is 29.2 Å². The minimum Gasteiger partial charge on any atom is -0.338 e. The van der Waals surface area contributed by atoms with E-state index in [4.69, 9.17) is 35.4 Å². The molecule has 0 aliphatic rings. The van der Waals surface area contributed by atoms with E-state index in [0.717, 1.165) is 0 Å². The first kappa shape index (κ1) is 11.4. The van der Waals surface area contributed by atoms with Gasteiger partial charge in [0.2, 0.25) is 0 Å². The van der Waals surface area contributed by atoms with Crippen molar-refractivity contribution in [3.63, 3.8) is 0 Å². The van der Waals surface area contributed by atoms with Crippen LogP contribution in [0.2, 0.25) is 10.0 Å². The quantitative estimate of drug-likeness (QED) is 0.782. The Hall–Kier alpha value is -1.10. The van der Waals surface area contributed by atoms with Crippen LogP contribution < -0.4 is 5.56 Å². The molecule has 1 aromatic carbocycles. The highest BCUT2D eigenvalue weighted by Crippen LogP contribution is 2.26. The first-order valence-corrected chi connectivity index (χ1v) is 5.52. The van der Waals surface area contributed by atoms with Crippen LogP contribution in [0.4, 0.5) is 0 Å². The van der Waals surface area contributed by atoms with Gasteiger partial charge in [0, 0.05) is 6.20 Å². The minimum absolute atomic E-state index is 0.262. The summed E-state index contributed by atoms with van der Waals surface area (Å²) in [5.41, 5.74) is 0.885. The molecule has 0 aliphatic heterocycles. The minimum atomic E-state index is -0.262. The summed E-state index contributed by atoms with van der Waals surface area (Å²) in [4.78, 5) is 16.9. The van der Waals surface area contributed by atoms with Gasteiger partial charge in [-0.2, -0.15) is 0 Å². The van der Waals surface area contributed by atoms with Crippen LogP contribution in [0.5, 0.6) is 0 Å². The van der Waals surface area contributed by atoms with Crippen molar-refractivity contribution in [3.8, 4) is 11.1 Å². The molecule has 1 aromatic heterocycles. The van der Waals surface area contributed by atoms with E-state index in [-0.39, 0.29) is 10.3 Å². The monoisotopic (exact) mass is 272 g/mol. The lowest BCUT2D eigenvalue weighted by molar-refractivity contribution is 1.09. The topological polar surface area (TPSA) is 48.6 Å². The van der Waals surface area contributed by atoms with Gasteiger partial charge in [-0.3, -0.25) is 9.78 Å². The number of nitrogens with one attached hydrogen (secondary N) is 2. The van der Waals surface area contributed by atoms with Crippen LogP contribution in [-0.4, -0.2) is 9.97 Å². The first-order chi connectivity index (χ1) is 7.58. The van der Waals surface area contributed by atoms with Crippen molar-refractivity contribution in [2.45, 2.75) is 0 Å². The van der Waals surface area contributed by atoms with Crippen LogP contribution in [0.3, 0.4) is 0 Å². The van der Waals surface area contributed by atoms with Gasteiger partial charge in [0.15, 0.2) is 4.77 Å². The van der Waals surface area contributed by atoms with Gasteiger partial charge in [-0.25, -0.2) is 0 Å². The fourth-order valence-corrected chi connectivity index (χ4v) is 1.74. The Morgan fingerprint density at radius 1 is 1.19 bits per heavy atom. The Balaban J connectivity index is 2.63. The number of halogens is 2. The second-order valence-corrected chi connectivity index (χ2v) is 4.34. The molecule has 16 heavy (non-hydrogen) atoms. The molecule has 2 aromatic rings. The van der Waals surface area contributed by atoms with Crippen LogP contribution in [0, 0.1) is 4.77 Å². The lowest BCUT2D eigenvalue weighted by atomic mass is 10.1. The third-order valence-electron chi connectivity index (χ3n) is 2.05. The number of hydrogen-bond acceptors (Lipinski definition) is 2. The van der Waals surface area contributed by atoms with Crippen LogP contribution >= 0.6 is 35.4 Å². The summed E-state index contributed by atoms with van der Waals surface area (Å²) in [6, 6.07) is 4.99. The lowest BCUT2D eigenvalue weighted by Gasteiger charge is -2.02. The summed E-state index contributed by atoms with van der Waals surface area (Å²) >= 11 is 16.5. The Morgan fingerprint density at radius 2 is 1.94 bits per heavy atom. The van der Waals surface area contributed by atoms with Crippen molar-refractivity contribution in [3.05, 3.63) is 49.6 Å². The fourth-order valence-electron chi connectivity index (χ4n) is 1.29. The zero-order valence-electron chi connectivity index (χ0n) is 7.88. The molecule has 0 atom stereocenters. The van der Waals surface area contributed by atoms with E-state index in [2.05, 4.69) is 9.97 Å². The molecule has 0 fully saturated rings. The fraction of sp³-hybridized carbons (Fsp3) is 0. The van der Waals surface area contributed by atoms with Gasteiger partial charge < -0.3 is 4.98 Å². The van der Waals surface area contributed by atoms with E-state index in [9.17, 15) is 4.79 Å². The molecule has 6 heteroatoms. The van der Waals surface area contributed by atoms with Crippen molar-refractivity contribution >= 4 is 35.4 Å². The Morgan fingerprint density at radius 3 is 2.56 bits per heavy atom. The highest BCUT2D eigenvalue weighted by Gasteiger charge is 2.05. The standard InChI is InChI=1S/C10H6Cl2N2OS/c11-7-2-1-5(3-8(7)12)6-4-13-10(16)14-9(6)15/h1-4H,(H2,13,14,15,16). The molecular formula is C10H6Cl2N2OS. The zero-order valence-corrected chi connectivity index (χ0v) is 10.2. The molecule has 82 valence electrons. The summed E-state index contributed by atoms with van der Waals surface area (Å²) in [5, 5.41) is 0.853. The number of aromatic amines is 2. The average molecular weight is 273 g/mol. The van der Waals surface area contributed by atoms with E-state index in [1.165, 1.54) is 0 Å². The molecule has 0 amide bonds. The predicted molar refractivity (Wildman–Crippen MR) is 67.7 cm³/mol. The number of aromatic nitrogens is 2. The number of benzene rings is 1. The highest BCUT2D eigenvalue weighted by atomic mass is 35.5. The smallest absolute Gasteiger partial charge is 0.259 e. The van der Waals surface area contributed by atoms with Crippen molar-refractivity contribution in [2.75, 3.05) is 0 Å². The molecule has 0 saturated heterocycles. The Labute approximate surface area is 106 Å². The van der Waals surface area contributed by atoms with Gasteiger partial charge in [0.25, 0.3) is 5.56 Å². The average Bonchev–Trinajstić information content (AvgIpc) is 2.22. The summed E-state index contributed by atoms with van der Waals surface area (Å²) in [7, 11) is 0. The maximum atomic E-state index is 11.6. The van der Waals surface area contributed by atoms with Gasteiger partial charge in [-0.05, 0) is 29.9 Å². The molecule has 2 N–H and O–H groups in total. The number of hydrogen-bond donors (Lipinski definition) is 2. The maximum absolute atomic E-state index is 11.6. The van der Waals surface area contributed by atoms with Gasteiger partial charge in [-0.15, -0.1) is 0 Å². The van der Waals surface area contributed by atoms with E-state index < -0.39 is 0 Å². The van der Waals surface area contributed by atoms with E-state index in [1.54, 1.807) is 24.4 Å². The van der Waals surface area contributed by atoms with E-state index >= 15 is 0 Å². The second-order valence-electron chi connectivity index (χ2n) is 3.11. The number of H-pyrrole nitrogens is 2. The summed E-state index contributed by atoms with van der Waals surface area (Å²) in [6.45, 7) is 0. The molecule has 0 aliphatic carbocycles. The van der Waals surface area contributed by atoms with Gasteiger partial charge >= 0.3 is 0 Å². The maximum Gasteiger partial charge on any atom is 0.259 e. The summed E-state index contributed by atoms with van der Waals surface area (Å²) in [6.07, 6.45) is 1.54. The highest BCUT2D eigenvalue weighted by molar-refractivity contribution is 7.71. The predicted octanol–water partition coefficient (Wildman–Crippen LogP) is 3.41. The first-order valence-electron chi connectivity index (χ1n) is 4.35. The summed E-state index contributed by atoms with van der Waals surface area (Å²) in [5.74, 6) is 0. The third kappa shape index (κ3) is 2.19. The van der Waals surface area contributed by atoms with E-state index in [1.807, 2.05) is 0 Å². The molecule has 0 bridgehead atoms. The Bertz CT molecular complexity index is 648. The van der Waals surface area contributed by atoms with Crippen molar-refractivity contribution in [1.29, 1.82) is 0 Å². The third-order valence-corrected chi connectivity index (χ3v) is 3.01. The second kappa shape index (κ2) is 4.41. The lowest BCUT2D eigenvalue weighted by Crippen LogP contribution is -2.09. The van der Waals surface area contributed by atoms with Crippen LogP contribution in [-0.2, 0) is 0 Å². The van der Waals surface area contributed by atoms with E-state index in [0.29, 0.717) is 21.2 Å². The van der Waals surface area contributed by atoms with Crippen molar-refractivity contribution < 1.29 is 0 Å². The largest absolute Gasteiger partial charge is 0.338 e. The van der Waals surface area contributed by atoms with Gasteiger partial charge in [-0.1, -0.05) is 29.3 Å². The van der Waals surface area contributed by atoms with Crippen molar-refractivity contribution in [1.82, 2.24) is 9.97 Å². The van der Waals surface area contributed by atoms with Gasteiger partial charge in [0.05, 0.1) is 15.6 Å². The number of rotatable bonds is 1. The van der Waals surface area contributed by atoms with Crippen molar-refractivity contribution in [2.24, 2.45) is 0 Å². The van der Waals surface area contributed by atoms with Gasteiger partial charge in [0.1, 0.15) is 0 Å². The normalized spacial score (nSPS) is 10.4. The zero-order chi connectivity index (χ0) is 11.7. The molecule has 0 saturated carbocycles. The molecule has 0 spiro atoms. The molecular weight excluding hydrogens is 267 g/mol. The SMILES string of the molecule is O=c1[nH]c(=S)[nH]cc1-c1ccc(Cl)c(Cl)c1. The molecule has 0 unspecified atom stereocenters.